The first-order valence-corrected chi connectivity index (χ1v) is 10.0. The molecule has 28 heavy (non-hydrogen) atoms. The van der Waals surface area contributed by atoms with E-state index in [2.05, 4.69) is 47.3 Å². The molecule has 0 saturated carbocycles. The van der Waals surface area contributed by atoms with Crippen LogP contribution >= 0.6 is 0 Å². The summed E-state index contributed by atoms with van der Waals surface area (Å²) in [6.07, 6.45) is 4.59. The Morgan fingerprint density at radius 2 is 2.11 bits per heavy atom. The zero-order valence-corrected chi connectivity index (χ0v) is 16.5. The molecule has 6 nitrogen and oxygen atoms in total. The second kappa shape index (κ2) is 8.00. The molecular formula is C22H27N5O. The van der Waals surface area contributed by atoms with E-state index < -0.39 is 0 Å². The van der Waals surface area contributed by atoms with Gasteiger partial charge < -0.3 is 15.2 Å². The molecule has 1 aromatic carbocycles. The molecule has 0 bridgehead atoms. The third-order valence-corrected chi connectivity index (χ3v) is 5.58. The van der Waals surface area contributed by atoms with Gasteiger partial charge in [0.2, 0.25) is 0 Å². The predicted octanol–water partition coefficient (Wildman–Crippen LogP) is 3.71. The number of carbonyl (C=O) groups excluding carboxylic acids is 1. The van der Waals surface area contributed by atoms with Crippen molar-refractivity contribution >= 4 is 17.1 Å². The fraction of sp³-hybridized carbons (Fsp3) is 0.409. The molecule has 6 heteroatoms. The van der Waals surface area contributed by atoms with Crippen molar-refractivity contribution in [3.05, 3.63) is 59.2 Å². The smallest absolute Gasteiger partial charge is 0.317 e. The molecule has 0 spiro atoms. The van der Waals surface area contributed by atoms with E-state index >= 15 is 0 Å². The number of nitrogens with one attached hydrogen (secondary N) is 2. The van der Waals surface area contributed by atoms with Gasteiger partial charge in [-0.1, -0.05) is 18.2 Å². The van der Waals surface area contributed by atoms with Crippen LogP contribution in [0.2, 0.25) is 0 Å². The quantitative estimate of drug-likeness (QED) is 0.728. The number of aryl methyl sites for hydroxylation is 2. The van der Waals surface area contributed by atoms with E-state index in [1.165, 1.54) is 5.56 Å². The van der Waals surface area contributed by atoms with Gasteiger partial charge in [0.05, 0.1) is 11.0 Å². The topological polar surface area (TPSA) is 73.9 Å². The van der Waals surface area contributed by atoms with Gasteiger partial charge >= 0.3 is 6.03 Å². The molecule has 3 aromatic rings. The van der Waals surface area contributed by atoms with Crippen molar-refractivity contribution in [3.8, 4) is 0 Å². The molecular weight excluding hydrogens is 350 g/mol. The first-order chi connectivity index (χ1) is 13.6. The summed E-state index contributed by atoms with van der Waals surface area (Å²) in [5.41, 5.74) is 5.48. The second-order valence-corrected chi connectivity index (χ2v) is 7.63. The van der Waals surface area contributed by atoms with Gasteiger partial charge in [0.1, 0.15) is 5.82 Å². The van der Waals surface area contributed by atoms with Gasteiger partial charge in [-0.3, -0.25) is 4.98 Å². The third kappa shape index (κ3) is 3.86. The van der Waals surface area contributed by atoms with Crippen LogP contribution in [0.4, 0.5) is 4.79 Å². The minimum atomic E-state index is 0.00516. The number of hydrogen-bond donors (Lipinski definition) is 2. The SMILES string of the molecule is Cc1cccnc1CCNC(=O)N1CCC[C@@H](c2nc3c(C)cccc3[nH]2)C1. The molecule has 1 aliphatic heterocycles. The first kappa shape index (κ1) is 18.5. The third-order valence-electron chi connectivity index (χ3n) is 5.58. The number of amides is 2. The summed E-state index contributed by atoms with van der Waals surface area (Å²) >= 11 is 0. The summed E-state index contributed by atoms with van der Waals surface area (Å²) in [6, 6.07) is 10.2. The molecule has 3 heterocycles. The van der Waals surface area contributed by atoms with E-state index in [0.29, 0.717) is 13.1 Å². The van der Waals surface area contributed by atoms with E-state index in [1.54, 1.807) is 6.20 Å². The minimum Gasteiger partial charge on any atom is -0.342 e. The zero-order chi connectivity index (χ0) is 19.5. The number of nitrogens with zero attached hydrogens (tertiary/aromatic N) is 3. The van der Waals surface area contributed by atoms with Crippen molar-refractivity contribution in [1.29, 1.82) is 0 Å². The lowest BCUT2D eigenvalue weighted by atomic mass is 9.97. The maximum absolute atomic E-state index is 12.6. The van der Waals surface area contributed by atoms with E-state index in [-0.39, 0.29) is 11.9 Å². The van der Waals surface area contributed by atoms with Crippen LogP contribution in [0.5, 0.6) is 0 Å². The highest BCUT2D eigenvalue weighted by Crippen LogP contribution is 2.27. The first-order valence-electron chi connectivity index (χ1n) is 10.0. The molecule has 1 saturated heterocycles. The summed E-state index contributed by atoms with van der Waals surface area (Å²) in [4.78, 5) is 27.2. The van der Waals surface area contributed by atoms with Crippen LogP contribution in [0.15, 0.2) is 36.5 Å². The van der Waals surface area contributed by atoms with Crippen molar-refractivity contribution in [1.82, 2.24) is 25.2 Å². The molecule has 0 unspecified atom stereocenters. The van der Waals surface area contributed by atoms with Gasteiger partial charge in [0.15, 0.2) is 0 Å². The number of aromatic nitrogens is 3. The van der Waals surface area contributed by atoms with Crippen LogP contribution in [-0.4, -0.2) is 45.5 Å². The van der Waals surface area contributed by atoms with Crippen molar-refractivity contribution in [2.45, 2.75) is 39.0 Å². The molecule has 0 aliphatic carbocycles. The lowest BCUT2D eigenvalue weighted by Gasteiger charge is -2.31. The van der Waals surface area contributed by atoms with Crippen LogP contribution < -0.4 is 5.32 Å². The largest absolute Gasteiger partial charge is 0.342 e. The van der Waals surface area contributed by atoms with E-state index in [9.17, 15) is 4.79 Å². The fourth-order valence-corrected chi connectivity index (χ4v) is 3.95. The van der Waals surface area contributed by atoms with Crippen molar-refractivity contribution in [2.24, 2.45) is 0 Å². The number of H-pyrrole nitrogens is 1. The molecule has 1 fully saturated rings. The Bertz CT molecular complexity index is 980. The van der Waals surface area contributed by atoms with Crippen molar-refractivity contribution in [2.75, 3.05) is 19.6 Å². The molecule has 146 valence electrons. The lowest BCUT2D eigenvalue weighted by Crippen LogP contribution is -2.45. The molecule has 1 atom stereocenters. The van der Waals surface area contributed by atoms with Gasteiger partial charge in [-0.25, -0.2) is 9.78 Å². The summed E-state index contributed by atoms with van der Waals surface area (Å²) in [5, 5.41) is 3.05. The zero-order valence-electron chi connectivity index (χ0n) is 16.5. The predicted molar refractivity (Wildman–Crippen MR) is 110 cm³/mol. The van der Waals surface area contributed by atoms with Crippen LogP contribution in [0, 0.1) is 13.8 Å². The Morgan fingerprint density at radius 1 is 1.25 bits per heavy atom. The lowest BCUT2D eigenvalue weighted by molar-refractivity contribution is 0.178. The van der Waals surface area contributed by atoms with Crippen LogP contribution in [0.25, 0.3) is 11.0 Å². The highest BCUT2D eigenvalue weighted by molar-refractivity contribution is 5.78. The molecule has 2 aromatic heterocycles. The summed E-state index contributed by atoms with van der Waals surface area (Å²) in [7, 11) is 0. The van der Waals surface area contributed by atoms with Gasteiger partial charge in [0, 0.05) is 43.9 Å². The Hall–Kier alpha value is -2.89. The molecule has 4 rings (SSSR count). The maximum atomic E-state index is 12.6. The number of carbonyl (C=O) groups is 1. The molecule has 1 aliphatic rings. The number of para-hydroxylation sites is 1. The molecule has 2 N–H and O–H groups in total. The Labute approximate surface area is 165 Å². The molecule has 0 radical (unpaired) electrons. The van der Waals surface area contributed by atoms with Crippen molar-refractivity contribution < 1.29 is 4.79 Å². The number of hydrogen-bond acceptors (Lipinski definition) is 3. The van der Waals surface area contributed by atoms with Crippen LogP contribution in [0.1, 0.15) is 41.4 Å². The minimum absolute atomic E-state index is 0.00516. The molecule has 2 amide bonds. The summed E-state index contributed by atoms with van der Waals surface area (Å²) in [5.74, 6) is 1.25. The van der Waals surface area contributed by atoms with Crippen LogP contribution in [-0.2, 0) is 6.42 Å². The Morgan fingerprint density at radius 3 is 2.93 bits per heavy atom. The average molecular weight is 377 g/mol. The number of piperidine rings is 1. The van der Waals surface area contributed by atoms with Gasteiger partial charge in [-0.05, 0) is 49.9 Å². The number of aromatic amines is 1. The van der Waals surface area contributed by atoms with E-state index in [0.717, 1.165) is 53.9 Å². The van der Waals surface area contributed by atoms with Gasteiger partial charge in [-0.2, -0.15) is 0 Å². The standard InChI is InChI=1S/C22H27N5O/c1-15-7-4-11-23-18(15)10-12-24-22(28)27-13-5-8-17(14-27)21-25-19-9-3-6-16(2)20(19)26-21/h3-4,6-7,9,11,17H,5,8,10,12-14H2,1-2H3,(H,24,28)(H,25,26)/t17-/m1/s1. The highest BCUT2D eigenvalue weighted by Gasteiger charge is 2.26. The van der Waals surface area contributed by atoms with Gasteiger partial charge in [-0.15, -0.1) is 0 Å². The van der Waals surface area contributed by atoms with E-state index in [1.807, 2.05) is 17.0 Å². The number of urea groups is 1. The van der Waals surface area contributed by atoms with E-state index in [4.69, 9.17) is 4.98 Å². The number of pyridine rings is 1. The summed E-state index contributed by atoms with van der Waals surface area (Å²) < 4.78 is 0. The normalized spacial score (nSPS) is 17.1. The van der Waals surface area contributed by atoms with Crippen molar-refractivity contribution in [3.63, 3.8) is 0 Å². The monoisotopic (exact) mass is 377 g/mol. The highest BCUT2D eigenvalue weighted by atomic mass is 16.2. The number of imidazole rings is 1. The Kier molecular flexibility index (Phi) is 5.28. The second-order valence-electron chi connectivity index (χ2n) is 7.63. The number of rotatable bonds is 4. The fourth-order valence-electron chi connectivity index (χ4n) is 3.95. The maximum Gasteiger partial charge on any atom is 0.317 e. The van der Waals surface area contributed by atoms with Gasteiger partial charge in [0.25, 0.3) is 0 Å². The summed E-state index contributed by atoms with van der Waals surface area (Å²) in [6.45, 7) is 6.23. The Balaban J connectivity index is 1.37. The average Bonchev–Trinajstić information content (AvgIpc) is 3.15. The van der Waals surface area contributed by atoms with Crippen LogP contribution in [0.3, 0.4) is 0 Å². The number of benzene rings is 1. The number of likely N-dealkylation sites (tertiary alicyclic amines) is 1. The number of fused-ring (bicyclic) bond motifs is 1.